The molecule has 0 aliphatic carbocycles. The molecule has 17 heavy (non-hydrogen) atoms. The molecule has 0 fully saturated rings. The van der Waals surface area contributed by atoms with Gasteiger partial charge in [0.1, 0.15) is 5.82 Å². The number of aromatic nitrogens is 2. The molecule has 3 nitrogen and oxygen atoms in total. The van der Waals surface area contributed by atoms with Gasteiger partial charge in [-0.25, -0.2) is 4.98 Å². The second kappa shape index (κ2) is 5.47. The van der Waals surface area contributed by atoms with Crippen LogP contribution in [0.25, 0.3) is 11.4 Å². The molecule has 1 aromatic heterocycles. The standard InChI is InChI=1S/C13H16BrN3/c1-3-15-7-11-8-16-13(17-11)10-5-4-9(2)12(14)6-10/h4-6,8,15H,3,7H2,1-2H3,(H,16,17). The molecule has 0 spiro atoms. The number of aryl methyl sites for hydroxylation is 1. The number of halogens is 1. The number of hydrogen-bond donors (Lipinski definition) is 2. The lowest BCUT2D eigenvalue weighted by molar-refractivity contribution is 0.714. The minimum absolute atomic E-state index is 0.830. The average molecular weight is 294 g/mol. The number of hydrogen-bond acceptors (Lipinski definition) is 2. The second-order valence-corrected chi connectivity index (χ2v) is 4.86. The van der Waals surface area contributed by atoms with E-state index in [0.29, 0.717) is 0 Å². The summed E-state index contributed by atoms with van der Waals surface area (Å²) in [5.41, 5.74) is 3.44. The van der Waals surface area contributed by atoms with Gasteiger partial charge in [0, 0.05) is 28.5 Å². The summed E-state index contributed by atoms with van der Waals surface area (Å²) >= 11 is 3.54. The van der Waals surface area contributed by atoms with E-state index >= 15 is 0 Å². The Bertz CT molecular complexity index is 505. The number of benzene rings is 1. The highest BCUT2D eigenvalue weighted by Gasteiger charge is 2.04. The molecule has 1 heterocycles. The Morgan fingerprint density at radius 3 is 2.94 bits per heavy atom. The van der Waals surface area contributed by atoms with Crippen molar-refractivity contribution in [1.82, 2.24) is 15.3 Å². The number of nitrogens with zero attached hydrogens (tertiary/aromatic N) is 1. The molecule has 0 amide bonds. The normalized spacial score (nSPS) is 10.8. The first-order valence-corrected chi connectivity index (χ1v) is 6.51. The highest BCUT2D eigenvalue weighted by Crippen LogP contribution is 2.23. The number of aromatic amines is 1. The predicted molar refractivity (Wildman–Crippen MR) is 73.8 cm³/mol. The van der Waals surface area contributed by atoms with E-state index in [4.69, 9.17) is 0 Å². The van der Waals surface area contributed by atoms with Crippen LogP contribution in [-0.2, 0) is 6.54 Å². The first-order valence-electron chi connectivity index (χ1n) is 5.72. The highest BCUT2D eigenvalue weighted by molar-refractivity contribution is 9.10. The van der Waals surface area contributed by atoms with Gasteiger partial charge in [0.15, 0.2) is 0 Å². The van der Waals surface area contributed by atoms with Crippen molar-refractivity contribution in [1.29, 1.82) is 0 Å². The van der Waals surface area contributed by atoms with Crippen molar-refractivity contribution in [3.63, 3.8) is 0 Å². The van der Waals surface area contributed by atoms with Gasteiger partial charge in [0.05, 0.1) is 0 Å². The van der Waals surface area contributed by atoms with Crippen molar-refractivity contribution >= 4 is 15.9 Å². The molecule has 0 bridgehead atoms. The van der Waals surface area contributed by atoms with Gasteiger partial charge >= 0.3 is 0 Å². The Labute approximate surface area is 110 Å². The molecule has 2 aromatic rings. The minimum Gasteiger partial charge on any atom is -0.341 e. The van der Waals surface area contributed by atoms with Crippen LogP contribution in [0.5, 0.6) is 0 Å². The molecule has 0 aliphatic heterocycles. The molecule has 0 atom stereocenters. The molecular formula is C13H16BrN3. The molecule has 2 rings (SSSR count). The molecule has 2 N–H and O–H groups in total. The Kier molecular flexibility index (Phi) is 3.97. The van der Waals surface area contributed by atoms with Gasteiger partial charge in [-0.2, -0.15) is 0 Å². The Balaban J connectivity index is 2.21. The van der Waals surface area contributed by atoms with E-state index < -0.39 is 0 Å². The van der Waals surface area contributed by atoms with Crippen molar-refractivity contribution in [2.24, 2.45) is 0 Å². The molecular weight excluding hydrogens is 278 g/mol. The van der Waals surface area contributed by atoms with Gasteiger partial charge in [-0.1, -0.05) is 35.0 Å². The van der Waals surface area contributed by atoms with Crippen LogP contribution < -0.4 is 5.32 Å². The maximum atomic E-state index is 4.39. The number of nitrogens with one attached hydrogen (secondary N) is 2. The van der Waals surface area contributed by atoms with E-state index in [9.17, 15) is 0 Å². The molecule has 90 valence electrons. The Morgan fingerprint density at radius 1 is 1.41 bits per heavy atom. The van der Waals surface area contributed by atoms with Gasteiger partial charge in [0.2, 0.25) is 0 Å². The number of imidazole rings is 1. The largest absolute Gasteiger partial charge is 0.341 e. The van der Waals surface area contributed by atoms with E-state index in [-0.39, 0.29) is 0 Å². The van der Waals surface area contributed by atoms with Crippen LogP contribution in [0.1, 0.15) is 18.2 Å². The van der Waals surface area contributed by atoms with Gasteiger partial charge in [0.25, 0.3) is 0 Å². The van der Waals surface area contributed by atoms with Gasteiger partial charge < -0.3 is 10.3 Å². The third-order valence-corrected chi connectivity index (χ3v) is 3.49. The molecule has 0 unspecified atom stereocenters. The smallest absolute Gasteiger partial charge is 0.137 e. The average Bonchev–Trinajstić information content (AvgIpc) is 2.79. The summed E-state index contributed by atoms with van der Waals surface area (Å²) < 4.78 is 1.11. The van der Waals surface area contributed by atoms with Crippen molar-refractivity contribution in [2.45, 2.75) is 20.4 Å². The van der Waals surface area contributed by atoms with Crippen molar-refractivity contribution in [3.8, 4) is 11.4 Å². The lowest BCUT2D eigenvalue weighted by Gasteiger charge is -2.01. The number of rotatable bonds is 4. The molecule has 0 aliphatic rings. The number of H-pyrrole nitrogens is 1. The fourth-order valence-corrected chi connectivity index (χ4v) is 1.97. The summed E-state index contributed by atoms with van der Waals surface area (Å²) in [7, 11) is 0. The molecule has 0 saturated carbocycles. The summed E-state index contributed by atoms with van der Waals surface area (Å²) in [6.45, 7) is 5.96. The molecule has 0 radical (unpaired) electrons. The predicted octanol–water partition coefficient (Wildman–Crippen LogP) is 3.26. The van der Waals surface area contributed by atoms with Crippen LogP contribution >= 0.6 is 15.9 Å². The lowest BCUT2D eigenvalue weighted by Crippen LogP contribution is -2.11. The molecule has 4 heteroatoms. The fraction of sp³-hybridized carbons (Fsp3) is 0.308. The zero-order valence-corrected chi connectivity index (χ0v) is 11.6. The van der Waals surface area contributed by atoms with Crippen LogP contribution in [0.4, 0.5) is 0 Å². The Morgan fingerprint density at radius 2 is 2.24 bits per heavy atom. The maximum Gasteiger partial charge on any atom is 0.137 e. The van der Waals surface area contributed by atoms with Crippen molar-refractivity contribution < 1.29 is 0 Å². The molecule has 0 saturated heterocycles. The zero-order chi connectivity index (χ0) is 12.3. The van der Waals surface area contributed by atoms with Crippen LogP contribution in [0.2, 0.25) is 0 Å². The van der Waals surface area contributed by atoms with E-state index in [2.05, 4.69) is 63.3 Å². The monoisotopic (exact) mass is 293 g/mol. The SMILES string of the molecule is CCNCc1cnc(-c2ccc(C)c(Br)c2)[nH]1. The summed E-state index contributed by atoms with van der Waals surface area (Å²) in [6, 6.07) is 6.26. The van der Waals surface area contributed by atoms with Crippen LogP contribution in [-0.4, -0.2) is 16.5 Å². The highest BCUT2D eigenvalue weighted by atomic mass is 79.9. The zero-order valence-electron chi connectivity index (χ0n) is 10.0. The van der Waals surface area contributed by atoms with E-state index in [0.717, 1.165) is 34.6 Å². The summed E-state index contributed by atoms with van der Waals surface area (Å²) in [5, 5.41) is 3.27. The van der Waals surface area contributed by atoms with E-state index in [1.54, 1.807) is 0 Å². The Hall–Kier alpha value is -1.13. The first-order chi connectivity index (χ1) is 8.20. The maximum absolute atomic E-state index is 4.39. The summed E-state index contributed by atoms with van der Waals surface area (Å²) in [5.74, 6) is 0.915. The van der Waals surface area contributed by atoms with Gasteiger partial charge in [-0.05, 0) is 25.1 Å². The fourth-order valence-electron chi connectivity index (χ4n) is 1.60. The third-order valence-electron chi connectivity index (χ3n) is 2.64. The van der Waals surface area contributed by atoms with E-state index in [1.165, 1.54) is 5.56 Å². The lowest BCUT2D eigenvalue weighted by atomic mass is 10.1. The first kappa shape index (κ1) is 12.3. The van der Waals surface area contributed by atoms with Crippen molar-refractivity contribution in [2.75, 3.05) is 6.54 Å². The summed E-state index contributed by atoms with van der Waals surface area (Å²) in [4.78, 5) is 7.71. The summed E-state index contributed by atoms with van der Waals surface area (Å²) in [6.07, 6.45) is 1.88. The third kappa shape index (κ3) is 2.96. The van der Waals surface area contributed by atoms with Gasteiger partial charge in [-0.3, -0.25) is 0 Å². The van der Waals surface area contributed by atoms with Crippen molar-refractivity contribution in [3.05, 3.63) is 40.1 Å². The van der Waals surface area contributed by atoms with Crippen LogP contribution in [0.15, 0.2) is 28.9 Å². The topological polar surface area (TPSA) is 40.7 Å². The quantitative estimate of drug-likeness (QED) is 0.908. The van der Waals surface area contributed by atoms with Crippen LogP contribution in [0, 0.1) is 6.92 Å². The van der Waals surface area contributed by atoms with Crippen LogP contribution in [0.3, 0.4) is 0 Å². The minimum atomic E-state index is 0.830. The van der Waals surface area contributed by atoms with Gasteiger partial charge in [-0.15, -0.1) is 0 Å². The second-order valence-electron chi connectivity index (χ2n) is 4.00. The van der Waals surface area contributed by atoms with E-state index in [1.807, 2.05) is 6.20 Å². The molecule has 1 aromatic carbocycles.